The van der Waals surface area contributed by atoms with E-state index >= 15 is 0 Å². The van der Waals surface area contributed by atoms with Crippen molar-refractivity contribution >= 4 is 0 Å². The van der Waals surface area contributed by atoms with Gasteiger partial charge in [-0.25, -0.2) is 0 Å². The van der Waals surface area contributed by atoms with Crippen LogP contribution in [-0.2, 0) is 0 Å². The Bertz CT molecular complexity index is 176. The number of hydrogen-bond acceptors (Lipinski definition) is 2. The second-order valence-electron chi connectivity index (χ2n) is 6.67. The van der Waals surface area contributed by atoms with Crippen molar-refractivity contribution in [2.24, 2.45) is 5.41 Å². The van der Waals surface area contributed by atoms with Gasteiger partial charge >= 0.3 is 0 Å². The number of hydrogen-bond donors (Lipinski definition) is 1. The van der Waals surface area contributed by atoms with Crippen LogP contribution in [-0.4, -0.2) is 37.6 Å². The molecule has 0 aromatic carbocycles. The largest absolute Gasteiger partial charge is 0.315 e. The quantitative estimate of drug-likeness (QED) is 0.742. The lowest BCUT2D eigenvalue weighted by atomic mass is 9.92. The van der Waals surface area contributed by atoms with Crippen molar-refractivity contribution in [2.45, 2.75) is 59.3 Å². The topological polar surface area (TPSA) is 15.3 Å². The average molecular weight is 240 g/mol. The van der Waals surface area contributed by atoms with Crippen LogP contribution < -0.4 is 5.32 Å². The Morgan fingerprint density at radius 1 is 0.882 bits per heavy atom. The lowest BCUT2D eigenvalue weighted by molar-refractivity contribution is 0.245. The van der Waals surface area contributed by atoms with Crippen LogP contribution in [0.25, 0.3) is 0 Å². The van der Waals surface area contributed by atoms with Gasteiger partial charge in [0.1, 0.15) is 0 Å². The highest BCUT2D eigenvalue weighted by molar-refractivity contribution is 4.66. The number of likely N-dealkylation sites (tertiary alicyclic amines) is 1. The van der Waals surface area contributed by atoms with E-state index < -0.39 is 0 Å². The monoisotopic (exact) mass is 240 g/mol. The minimum atomic E-state index is 0.466. The maximum atomic E-state index is 3.58. The average Bonchev–Trinajstić information content (AvgIpc) is 2.18. The van der Waals surface area contributed by atoms with Crippen LogP contribution in [0.1, 0.15) is 59.3 Å². The van der Waals surface area contributed by atoms with Crippen molar-refractivity contribution in [2.75, 3.05) is 32.7 Å². The van der Waals surface area contributed by atoms with Gasteiger partial charge in [-0.1, -0.05) is 40.0 Å². The summed E-state index contributed by atoms with van der Waals surface area (Å²) in [6.45, 7) is 13.1. The van der Waals surface area contributed by atoms with E-state index in [9.17, 15) is 0 Å². The SMILES string of the molecule is CC(C)(C)CCNCCN1CCCCCCC1. The van der Waals surface area contributed by atoms with Crippen molar-refractivity contribution in [3.63, 3.8) is 0 Å². The molecule has 1 saturated heterocycles. The molecule has 0 bridgehead atoms. The van der Waals surface area contributed by atoms with E-state index in [1.54, 1.807) is 0 Å². The lowest BCUT2D eigenvalue weighted by Gasteiger charge is -2.25. The zero-order valence-corrected chi connectivity index (χ0v) is 12.2. The summed E-state index contributed by atoms with van der Waals surface area (Å²) in [6, 6.07) is 0. The lowest BCUT2D eigenvalue weighted by Crippen LogP contribution is -2.35. The molecule has 0 aromatic heterocycles. The summed E-state index contributed by atoms with van der Waals surface area (Å²) < 4.78 is 0. The van der Waals surface area contributed by atoms with Crippen LogP contribution in [0.15, 0.2) is 0 Å². The summed E-state index contributed by atoms with van der Waals surface area (Å²) in [6.07, 6.45) is 8.41. The van der Waals surface area contributed by atoms with Crippen LogP contribution in [0.3, 0.4) is 0 Å². The highest BCUT2D eigenvalue weighted by atomic mass is 15.1. The molecular weight excluding hydrogens is 208 g/mol. The summed E-state index contributed by atoms with van der Waals surface area (Å²) in [5.74, 6) is 0. The molecule has 0 aromatic rings. The molecule has 17 heavy (non-hydrogen) atoms. The molecule has 1 fully saturated rings. The van der Waals surface area contributed by atoms with Crippen LogP contribution in [0.5, 0.6) is 0 Å². The molecule has 2 nitrogen and oxygen atoms in total. The van der Waals surface area contributed by atoms with E-state index in [2.05, 4.69) is 31.0 Å². The summed E-state index contributed by atoms with van der Waals surface area (Å²) in [4.78, 5) is 2.64. The molecule has 0 amide bonds. The van der Waals surface area contributed by atoms with Gasteiger partial charge in [0, 0.05) is 13.1 Å². The first-order valence-corrected chi connectivity index (χ1v) is 7.51. The van der Waals surface area contributed by atoms with Crippen LogP contribution in [0.2, 0.25) is 0 Å². The Kier molecular flexibility index (Phi) is 7.14. The predicted octanol–water partition coefficient (Wildman–Crippen LogP) is 3.28. The predicted molar refractivity (Wildman–Crippen MR) is 76.5 cm³/mol. The molecule has 1 heterocycles. The third-order valence-corrected chi connectivity index (χ3v) is 3.61. The van der Waals surface area contributed by atoms with Gasteiger partial charge in [-0.3, -0.25) is 0 Å². The van der Waals surface area contributed by atoms with Crippen molar-refractivity contribution in [1.29, 1.82) is 0 Å². The van der Waals surface area contributed by atoms with E-state index in [4.69, 9.17) is 0 Å². The number of nitrogens with zero attached hydrogens (tertiary/aromatic N) is 1. The van der Waals surface area contributed by atoms with Gasteiger partial charge in [0.2, 0.25) is 0 Å². The normalized spacial score (nSPS) is 19.9. The number of rotatable bonds is 5. The Hall–Kier alpha value is -0.0800. The minimum Gasteiger partial charge on any atom is -0.315 e. The minimum absolute atomic E-state index is 0.466. The van der Waals surface area contributed by atoms with Crippen molar-refractivity contribution in [1.82, 2.24) is 10.2 Å². The molecule has 0 saturated carbocycles. The second kappa shape index (κ2) is 8.10. The molecule has 0 spiro atoms. The second-order valence-corrected chi connectivity index (χ2v) is 6.67. The van der Waals surface area contributed by atoms with Gasteiger partial charge in [-0.2, -0.15) is 0 Å². The smallest absolute Gasteiger partial charge is 0.0107 e. The van der Waals surface area contributed by atoms with Gasteiger partial charge in [0.15, 0.2) is 0 Å². The molecule has 1 N–H and O–H groups in total. The maximum absolute atomic E-state index is 3.58. The van der Waals surface area contributed by atoms with Crippen LogP contribution in [0.4, 0.5) is 0 Å². The fourth-order valence-electron chi connectivity index (χ4n) is 2.36. The van der Waals surface area contributed by atoms with E-state index in [0.29, 0.717) is 5.41 Å². The highest BCUT2D eigenvalue weighted by Gasteiger charge is 2.10. The fourth-order valence-corrected chi connectivity index (χ4v) is 2.36. The zero-order valence-electron chi connectivity index (χ0n) is 12.2. The van der Waals surface area contributed by atoms with Crippen molar-refractivity contribution in [3.05, 3.63) is 0 Å². The maximum Gasteiger partial charge on any atom is 0.0107 e. The summed E-state index contributed by atoms with van der Waals surface area (Å²) in [5, 5.41) is 3.58. The van der Waals surface area contributed by atoms with E-state index in [1.165, 1.54) is 58.2 Å². The first-order chi connectivity index (χ1) is 8.08. The summed E-state index contributed by atoms with van der Waals surface area (Å²) in [5.41, 5.74) is 0.466. The molecule has 1 aliphatic rings. The molecule has 0 atom stereocenters. The van der Waals surface area contributed by atoms with Gasteiger partial charge < -0.3 is 10.2 Å². The fraction of sp³-hybridized carbons (Fsp3) is 1.00. The Morgan fingerprint density at radius 3 is 2.06 bits per heavy atom. The van der Waals surface area contributed by atoms with Crippen molar-refractivity contribution in [3.8, 4) is 0 Å². The third kappa shape index (κ3) is 8.62. The Balaban J connectivity index is 2.00. The molecule has 1 aliphatic heterocycles. The summed E-state index contributed by atoms with van der Waals surface area (Å²) in [7, 11) is 0. The van der Waals surface area contributed by atoms with Crippen molar-refractivity contribution < 1.29 is 0 Å². The molecule has 1 rings (SSSR count). The molecule has 0 radical (unpaired) electrons. The first kappa shape index (κ1) is 15.0. The summed E-state index contributed by atoms with van der Waals surface area (Å²) >= 11 is 0. The zero-order chi connectivity index (χ0) is 12.6. The highest BCUT2D eigenvalue weighted by Crippen LogP contribution is 2.16. The van der Waals surface area contributed by atoms with Crippen LogP contribution >= 0.6 is 0 Å². The van der Waals surface area contributed by atoms with E-state index in [0.717, 1.165) is 13.1 Å². The molecule has 0 aliphatic carbocycles. The van der Waals surface area contributed by atoms with Gasteiger partial charge in [0.25, 0.3) is 0 Å². The molecule has 0 unspecified atom stereocenters. The molecule has 2 heteroatoms. The Morgan fingerprint density at radius 2 is 1.47 bits per heavy atom. The van der Waals surface area contributed by atoms with Gasteiger partial charge in [0.05, 0.1) is 0 Å². The molecular formula is C15H32N2. The first-order valence-electron chi connectivity index (χ1n) is 7.51. The van der Waals surface area contributed by atoms with E-state index in [1.807, 2.05) is 0 Å². The van der Waals surface area contributed by atoms with Gasteiger partial charge in [-0.05, 0) is 44.3 Å². The van der Waals surface area contributed by atoms with Crippen LogP contribution in [0, 0.1) is 5.41 Å². The van der Waals surface area contributed by atoms with E-state index in [-0.39, 0.29) is 0 Å². The number of nitrogens with one attached hydrogen (secondary N) is 1. The molecule has 102 valence electrons. The van der Waals surface area contributed by atoms with Gasteiger partial charge in [-0.15, -0.1) is 0 Å². The Labute approximate surface area is 108 Å². The standard InChI is InChI=1S/C15H32N2/c1-15(2,3)9-10-16-11-14-17-12-7-5-4-6-8-13-17/h16H,4-14H2,1-3H3. The third-order valence-electron chi connectivity index (χ3n) is 3.61.